The predicted molar refractivity (Wildman–Crippen MR) is 149 cm³/mol. The molecule has 0 saturated heterocycles. The van der Waals surface area contributed by atoms with Crippen molar-refractivity contribution in [2.45, 2.75) is 122 Å². The summed E-state index contributed by atoms with van der Waals surface area (Å²) in [6.45, 7) is 4.43. The summed E-state index contributed by atoms with van der Waals surface area (Å²) in [5.41, 5.74) is 0.367. The van der Waals surface area contributed by atoms with E-state index in [1.807, 2.05) is 0 Å². The third kappa shape index (κ3) is 10.2. The Labute approximate surface area is 217 Å². The number of unbranched alkanes of at least 4 members (excludes halogenated alkanes) is 13. The van der Waals surface area contributed by atoms with E-state index in [0.717, 1.165) is 51.5 Å². The van der Waals surface area contributed by atoms with Crippen LogP contribution in [0.3, 0.4) is 0 Å². The van der Waals surface area contributed by atoms with Gasteiger partial charge in [0.05, 0.1) is 12.4 Å². The van der Waals surface area contributed by atoms with E-state index < -0.39 is 0 Å². The Bertz CT molecular complexity index is 978. The Morgan fingerprint density at radius 1 is 0.861 bits per heavy atom. The highest BCUT2D eigenvalue weighted by atomic mass is 16.3. The lowest BCUT2D eigenvalue weighted by atomic mass is 10.1. The molecule has 0 aliphatic heterocycles. The van der Waals surface area contributed by atoms with Crippen molar-refractivity contribution in [1.82, 2.24) is 24.0 Å². The van der Waals surface area contributed by atoms with Crippen LogP contribution in [0.5, 0.6) is 0 Å². The maximum absolute atomic E-state index is 12.7. The van der Waals surface area contributed by atoms with Crippen LogP contribution < -0.4 is 16.6 Å². The number of aryl methyl sites for hydroxylation is 2. The van der Waals surface area contributed by atoms with Gasteiger partial charge in [-0.3, -0.25) is 13.9 Å². The van der Waals surface area contributed by atoms with Crippen LogP contribution in [0.25, 0.3) is 11.2 Å². The summed E-state index contributed by atoms with van der Waals surface area (Å²) in [6, 6.07) is 0. The van der Waals surface area contributed by atoms with Crippen LogP contribution in [-0.2, 0) is 20.6 Å². The Balaban J connectivity index is 1.45. The molecule has 0 bridgehead atoms. The van der Waals surface area contributed by atoms with E-state index in [1.54, 1.807) is 25.0 Å². The fourth-order valence-corrected chi connectivity index (χ4v) is 4.88. The third-order valence-corrected chi connectivity index (χ3v) is 7.21. The number of rotatable bonds is 21. The van der Waals surface area contributed by atoms with Crippen LogP contribution in [-0.4, -0.2) is 43.0 Å². The minimum absolute atomic E-state index is 0.239. The fraction of sp³-hybridized carbons (Fsp3) is 0.821. The highest BCUT2D eigenvalue weighted by molar-refractivity contribution is 5.69. The summed E-state index contributed by atoms with van der Waals surface area (Å²) in [4.78, 5) is 29.4. The Morgan fingerprint density at radius 3 is 2.11 bits per heavy atom. The molecule has 1 atom stereocenters. The van der Waals surface area contributed by atoms with Crippen molar-refractivity contribution >= 4 is 11.2 Å². The first-order valence-corrected chi connectivity index (χ1v) is 14.5. The molecule has 206 valence electrons. The van der Waals surface area contributed by atoms with Crippen LogP contribution in [0.1, 0.15) is 110 Å². The number of nitrogens with zero attached hydrogens (tertiary/aromatic N) is 4. The molecule has 36 heavy (non-hydrogen) atoms. The minimum Gasteiger partial charge on any atom is -0.392 e. The van der Waals surface area contributed by atoms with Gasteiger partial charge in [-0.05, 0) is 25.8 Å². The van der Waals surface area contributed by atoms with Crippen LogP contribution >= 0.6 is 0 Å². The molecule has 8 nitrogen and oxygen atoms in total. The normalized spacial score (nSPS) is 12.6. The van der Waals surface area contributed by atoms with Gasteiger partial charge in [0.25, 0.3) is 5.56 Å². The first kappa shape index (κ1) is 30.3. The van der Waals surface area contributed by atoms with E-state index in [2.05, 4.69) is 17.2 Å². The van der Waals surface area contributed by atoms with Crippen molar-refractivity contribution < 1.29 is 5.11 Å². The molecule has 2 aromatic rings. The molecular formula is C28H51N5O3. The number of aromatic nitrogens is 4. The second kappa shape index (κ2) is 17.5. The number of hydrogen-bond acceptors (Lipinski definition) is 5. The second-order valence-corrected chi connectivity index (χ2v) is 10.4. The topological polar surface area (TPSA) is 94.1 Å². The molecule has 0 radical (unpaired) electrons. The van der Waals surface area contributed by atoms with Gasteiger partial charge in [-0.1, -0.05) is 90.4 Å². The molecule has 0 aromatic carbocycles. The van der Waals surface area contributed by atoms with Crippen molar-refractivity contribution in [2.75, 3.05) is 13.1 Å². The first-order chi connectivity index (χ1) is 17.5. The Kier molecular flexibility index (Phi) is 14.7. The summed E-state index contributed by atoms with van der Waals surface area (Å²) >= 11 is 0. The van der Waals surface area contributed by atoms with Gasteiger partial charge in [0.1, 0.15) is 0 Å². The summed E-state index contributed by atoms with van der Waals surface area (Å²) in [6.07, 6.45) is 20.3. The third-order valence-electron chi connectivity index (χ3n) is 7.21. The second-order valence-electron chi connectivity index (χ2n) is 10.4. The van der Waals surface area contributed by atoms with Gasteiger partial charge in [0.2, 0.25) is 0 Å². The molecule has 0 saturated carbocycles. The van der Waals surface area contributed by atoms with E-state index in [0.29, 0.717) is 24.3 Å². The number of aliphatic hydroxyl groups is 1. The van der Waals surface area contributed by atoms with Crippen LogP contribution in [0.2, 0.25) is 0 Å². The lowest BCUT2D eigenvalue weighted by Crippen LogP contribution is -2.39. The first-order valence-electron chi connectivity index (χ1n) is 14.5. The monoisotopic (exact) mass is 505 g/mol. The molecule has 1 unspecified atom stereocenters. The van der Waals surface area contributed by atoms with Gasteiger partial charge in [0, 0.05) is 27.2 Å². The standard InChI is InChI=1S/C28H51N5O3/c1-4-5-6-7-8-11-14-17-20-29-22-24(34)19-16-13-10-9-12-15-18-21-33-27(35)25-26(30-23-31(25)2)32(3)28(33)36/h23-24,29,34H,4-22H2,1-3H3. The molecule has 2 N–H and O–H groups in total. The van der Waals surface area contributed by atoms with E-state index in [9.17, 15) is 14.7 Å². The average Bonchev–Trinajstić information content (AvgIpc) is 3.26. The molecule has 8 heteroatoms. The van der Waals surface area contributed by atoms with Crippen molar-refractivity contribution in [3.63, 3.8) is 0 Å². The number of nitrogens with one attached hydrogen (secondary N) is 1. The van der Waals surface area contributed by atoms with E-state index in [1.165, 1.54) is 66.9 Å². The van der Waals surface area contributed by atoms with Crippen LogP contribution in [0.4, 0.5) is 0 Å². The van der Waals surface area contributed by atoms with E-state index in [-0.39, 0.29) is 17.4 Å². The molecule has 2 aromatic heterocycles. The molecular weight excluding hydrogens is 454 g/mol. The smallest absolute Gasteiger partial charge is 0.332 e. The molecule has 0 fully saturated rings. The van der Waals surface area contributed by atoms with Crippen molar-refractivity contribution in [3.8, 4) is 0 Å². The van der Waals surface area contributed by atoms with Gasteiger partial charge in [-0.25, -0.2) is 9.78 Å². The number of fused-ring (bicyclic) bond motifs is 1. The van der Waals surface area contributed by atoms with Crippen molar-refractivity contribution in [1.29, 1.82) is 0 Å². The highest BCUT2D eigenvalue weighted by Gasteiger charge is 2.14. The largest absolute Gasteiger partial charge is 0.392 e. The zero-order valence-electron chi connectivity index (χ0n) is 23.1. The number of hydrogen-bond donors (Lipinski definition) is 2. The number of imidazole rings is 1. The molecule has 0 spiro atoms. The summed E-state index contributed by atoms with van der Waals surface area (Å²) in [5.74, 6) is 0. The van der Waals surface area contributed by atoms with Crippen LogP contribution in [0.15, 0.2) is 15.9 Å². The molecule has 2 heterocycles. The fourth-order valence-electron chi connectivity index (χ4n) is 4.88. The lowest BCUT2D eigenvalue weighted by Gasteiger charge is -2.12. The van der Waals surface area contributed by atoms with Gasteiger partial charge >= 0.3 is 5.69 Å². The molecule has 0 amide bonds. The number of aliphatic hydroxyl groups excluding tert-OH is 1. The SMILES string of the molecule is CCCCCCCCCCNCC(O)CCCCCCCCCn1c(=O)c2c(ncn2C)n(C)c1=O. The average molecular weight is 506 g/mol. The summed E-state index contributed by atoms with van der Waals surface area (Å²) in [7, 11) is 3.44. The minimum atomic E-state index is -0.294. The molecule has 2 rings (SSSR count). The van der Waals surface area contributed by atoms with Gasteiger partial charge in [-0.15, -0.1) is 0 Å². The summed E-state index contributed by atoms with van der Waals surface area (Å²) < 4.78 is 4.48. The Hall–Kier alpha value is -1.93. The van der Waals surface area contributed by atoms with Gasteiger partial charge < -0.3 is 15.0 Å². The van der Waals surface area contributed by atoms with Crippen molar-refractivity contribution in [2.24, 2.45) is 14.1 Å². The maximum atomic E-state index is 12.7. The van der Waals surface area contributed by atoms with Gasteiger partial charge in [0.15, 0.2) is 11.2 Å². The Morgan fingerprint density at radius 2 is 1.44 bits per heavy atom. The van der Waals surface area contributed by atoms with Crippen LogP contribution in [0, 0.1) is 0 Å². The zero-order valence-corrected chi connectivity index (χ0v) is 23.1. The maximum Gasteiger partial charge on any atom is 0.332 e. The molecule has 0 aliphatic carbocycles. The molecule has 0 aliphatic rings. The van der Waals surface area contributed by atoms with Crippen molar-refractivity contribution in [3.05, 3.63) is 27.2 Å². The lowest BCUT2D eigenvalue weighted by molar-refractivity contribution is 0.158. The quantitative estimate of drug-likeness (QED) is 0.241. The van der Waals surface area contributed by atoms with Gasteiger partial charge in [-0.2, -0.15) is 0 Å². The predicted octanol–water partition coefficient (Wildman–Crippen LogP) is 4.65. The zero-order chi connectivity index (χ0) is 26.2. The van der Waals surface area contributed by atoms with E-state index >= 15 is 0 Å². The van der Waals surface area contributed by atoms with E-state index in [4.69, 9.17) is 0 Å². The summed E-state index contributed by atoms with van der Waals surface area (Å²) in [5, 5.41) is 13.6. The highest BCUT2D eigenvalue weighted by Crippen LogP contribution is 2.11.